The topological polar surface area (TPSA) is 71.3 Å². The van der Waals surface area contributed by atoms with Crippen LogP contribution in [0.3, 0.4) is 0 Å². The van der Waals surface area contributed by atoms with Crippen LogP contribution in [-0.4, -0.2) is 39.6 Å². The van der Waals surface area contributed by atoms with Gasteiger partial charge in [-0.2, -0.15) is 0 Å². The Labute approximate surface area is 118 Å². The zero-order chi connectivity index (χ0) is 14.4. The molecule has 0 bridgehead atoms. The van der Waals surface area contributed by atoms with Crippen LogP contribution in [0, 0.1) is 0 Å². The molecule has 0 aliphatic heterocycles. The van der Waals surface area contributed by atoms with Gasteiger partial charge in [0.1, 0.15) is 5.82 Å². The number of carbonyl (C=O) groups excluding carboxylic acids is 1. The summed E-state index contributed by atoms with van der Waals surface area (Å²) < 4.78 is 1.93. The minimum absolute atomic E-state index is 0.0131. The van der Waals surface area contributed by atoms with E-state index in [1.165, 1.54) is 0 Å². The predicted molar refractivity (Wildman–Crippen MR) is 77.5 cm³/mol. The molecule has 0 aliphatic rings. The van der Waals surface area contributed by atoms with Crippen LogP contribution in [0.1, 0.15) is 26.1 Å². The molecular weight excluding hydrogens is 254 g/mol. The molecule has 0 radical (unpaired) electrons. The highest BCUT2D eigenvalue weighted by Crippen LogP contribution is 2.02. The third-order valence-electron chi connectivity index (χ3n) is 3.28. The van der Waals surface area contributed by atoms with E-state index in [1.54, 1.807) is 0 Å². The van der Waals surface area contributed by atoms with Gasteiger partial charge >= 0.3 is 0 Å². The molecule has 0 spiro atoms. The molecule has 0 aromatic carbocycles. The van der Waals surface area contributed by atoms with Crippen LogP contribution in [0.2, 0.25) is 0 Å². The lowest BCUT2D eigenvalue weighted by molar-refractivity contribution is -0.120. The second-order valence-corrected chi connectivity index (χ2v) is 4.84. The number of carbonyl (C=O) groups is 1. The quantitative estimate of drug-likeness (QED) is 0.783. The summed E-state index contributed by atoms with van der Waals surface area (Å²) in [7, 11) is 0. The lowest BCUT2D eigenvalue weighted by Gasteiger charge is -2.10. The second kappa shape index (κ2) is 7.00. The fourth-order valence-electron chi connectivity index (χ4n) is 1.85. The molecule has 0 saturated carbocycles. The molecule has 6 heteroatoms. The monoisotopic (exact) mass is 275 g/mol. The smallest absolute Gasteiger partial charge is 0.233 e. The second-order valence-electron chi connectivity index (χ2n) is 4.84. The van der Waals surface area contributed by atoms with Crippen LogP contribution in [0.25, 0.3) is 5.65 Å². The van der Waals surface area contributed by atoms with Gasteiger partial charge < -0.3 is 10.6 Å². The van der Waals surface area contributed by atoms with E-state index in [4.69, 9.17) is 0 Å². The van der Waals surface area contributed by atoms with E-state index in [2.05, 4.69) is 34.7 Å². The molecule has 2 aromatic rings. The predicted octanol–water partition coefficient (Wildman–Crippen LogP) is 0.776. The molecule has 1 unspecified atom stereocenters. The Morgan fingerprint density at radius 1 is 1.40 bits per heavy atom. The first-order valence-electron chi connectivity index (χ1n) is 6.99. The van der Waals surface area contributed by atoms with Gasteiger partial charge in [-0.3, -0.25) is 9.20 Å². The Morgan fingerprint density at radius 3 is 3.05 bits per heavy atom. The third-order valence-corrected chi connectivity index (χ3v) is 3.28. The Bertz CT molecular complexity index is 565. The fraction of sp³-hybridized carbons (Fsp3) is 0.500. The zero-order valence-corrected chi connectivity index (χ0v) is 12.0. The first kappa shape index (κ1) is 14.5. The van der Waals surface area contributed by atoms with Crippen LogP contribution < -0.4 is 10.6 Å². The van der Waals surface area contributed by atoms with Crippen molar-refractivity contribution >= 4 is 11.6 Å². The van der Waals surface area contributed by atoms with Gasteiger partial charge in [-0.25, -0.2) is 0 Å². The van der Waals surface area contributed by atoms with Gasteiger partial charge in [0.2, 0.25) is 5.91 Å². The summed E-state index contributed by atoms with van der Waals surface area (Å²) in [5, 5.41) is 14.2. The van der Waals surface area contributed by atoms with Crippen LogP contribution in [0.4, 0.5) is 0 Å². The van der Waals surface area contributed by atoms with Gasteiger partial charge in [0.25, 0.3) is 0 Å². The van der Waals surface area contributed by atoms with Crippen molar-refractivity contribution in [3.63, 3.8) is 0 Å². The van der Waals surface area contributed by atoms with Gasteiger partial charge in [0.05, 0.1) is 6.54 Å². The minimum atomic E-state index is 0.0131. The molecule has 0 aliphatic carbocycles. The minimum Gasteiger partial charge on any atom is -0.355 e. The highest BCUT2D eigenvalue weighted by molar-refractivity contribution is 5.77. The third kappa shape index (κ3) is 3.77. The van der Waals surface area contributed by atoms with Crippen LogP contribution in [0.5, 0.6) is 0 Å². The normalized spacial score (nSPS) is 12.5. The maximum atomic E-state index is 11.6. The van der Waals surface area contributed by atoms with Gasteiger partial charge in [-0.15, -0.1) is 10.2 Å². The van der Waals surface area contributed by atoms with Crippen LogP contribution in [-0.2, 0) is 11.2 Å². The summed E-state index contributed by atoms with van der Waals surface area (Å²) in [4.78, 5) is 11.6. The number of hydrogen-bond acceptors (Lipinski definition) is 4. The Balaban J connectivity index is 1.77. The van der Waals surface area contributed by atoms with Crippen molar-refractivity contribution in [3.05, 3.63) is 30.2 Å². The number of rotatable bonds is 7. The number of nitrogens with one attached hydrogen (secondary N) is 2. The van der Waals surface area contributed by atoms with Crippen LogP contribution >= 0.6 is 0 Å². The molecule has 2 rings (SSSR count). The first-order valence-corrected chi connectivity index (χ1v) is 6.99. The average Bonchev–Trinajstić information content (AvgIpc) is 2.88. The fourth-order valence-corrected chi connectivity index (χ4v) is 1.85. The summed E-state index contributed by atoms with van der Waals surface area (Å²) in [6, 6.07) is 6.14. The van der Waals surface area contributed by atoms with E-state index in [0.717, 1.165) is 17.9 Å². The first-order chi connectivity index (χ1) is 9.70. The Hall–Kier alpha value is -1.95. The van der Waals surface area contributed by atoms with Crippen LogP contribution in [0.15, 0.2) is 24.4 Å². The molecule has 6 nitrogen and oxygen atoms in total. The molecule has 1 atom stereocenters. The zero-order valence-electron chi connectivity index (χ0n) is 12.0. The van der Waals surface area contributed by atoms with E-state index in [0.29, 0.717) is 25.6 Å². The van der Waals surface area contributed by atoms with E-state index in [1.807, 2.05) is 28.8 Å². The van der Waals surface area contributed by atoms with E-state index in [-0.39, 0.29) is 5.91 Å². The number of fused-ring (bicyclic) bond motifs is 1. The standard InChI is InChI=1S/C14H21N5O/c1-3-11(2)16-10-14(20)15-8-7-13-18-17-12-6-4-5-9-19(12)13/h4-6,9,11,16H,3,7-8,10H2,1-2H3,(H,15,20). The number of hydrogen-bond donors (Lipinski definition) is 2. The summed E-state index contributed by atoms with van der Waals surface area (Å²) in [5.74, 6) is 0.870. The van der Waals surface area contributed by atoms with Gasteiger partial charge in [-0.05, 0) is 25.5 Å². The van der Waals surface area contributed by atoms with Crippen molar-refractivity contribution in [2.24, 2.45) is 0 Å². The van der Waals surface area contributed by atoms with Crippen molar-refractivity contribution < 1.29 is 4.79 Å². The van der Waals surface area contributed by atoms with Gasteiger partial charge in [0, 0.05) is 25.2 Å². The molecule has 2 aromatic heterocycles. The Kier molecular flexibility index (Phi) is 5.06. The SMILES string of the molecule is CCC(C)NCC(=O)NCCc1nnc2ccccn12. The van der Waals surface area contributed by atoms with Gasteiger partial charge in [0.15, 0.2) is 5.65 Å². The molecule has 1 amide bonds. The number of amides is 1. The molecule has 20 heavy (non-hydrogen) atoms. The lowest BCUT2D eigenvalue weighted by Crippen LogP contribution is -2.38. The summed E-state index contributed by atoms with van der Waals surface area (Å²) in [6.45, 7) is 5.08. The maximum Gasteiger partial charge on any atom is 0.233 e. The van der Waals surface area contributed by atoms with E-state index in [9.17, 15) is 4.79 Å². The number of pyridine rings is 1. The molecule has 2 N–H and O–H groups in total. The van der Waals surface area contributed by atoms with Crippen molar-refractivity contribution in [2.45, 2.75) is 32.7 Å². The summed E-state index contributed by atoms with van der Waals surface area (Å²) >= 11 is 0. The van der Waals surface area contributed by atoms with Crippen molar-refractivity contribution in [1.82, 2.24) is 25.2 Å². The van der Waals surface area contributed by atoms with Crippen molar-refractivity contribution in [1.29, 1.82) is 0 Å². The Morgan fingerprint density at radius 2 is 2.25 bits per heavy atom. The van der Waals surface area contributed by atoms with Crippen molar-refractivity contribution in [3.8, 4) is 0 Å². The molecule has 2 heterocycles. The summed E-state index contributed by atoms with van der Waals surface area (Å²) in [5.41, 5.74) is 0.826. The molecular formula is C14H21N5O. The highest BCUT2D eigenvalue weighted by Gasteiger charge is 2.06. The lowest BCUT2D eigenvalue weighted by atomic mass is 10.2. The van der Waals surface area contributed by atoms with E-state index >= 15 is 0 Å². The largest absolute Gasteiger partial charge is 0.355 e. The number of aromatic nitrogens is 3. The van der Waals surface area contributed by atoms with Crippen molar-refractivity contribution in [2.75, 3.05) is 13.1 Å². The summed E-state index contributed by atoms with van der Waals surface area (Å²) in [6.07, 6.45) is 3.61. The molecule has 108 valence electrons. The maximum absolute atomic E-state index is 11.6. The molecule has 0 fully saturated rings. The highest BCUT2D eigenvalue weighted by atomic mass is 16.1. The van der Waals surface area contributed by atoms with Gasteiger partial charge in [-0.1, -0.05) is 13.0 Å². The number of nitrogens with zero attached hydrogens (tertiary/aromatic N) is 3. The van der Waals surface area contributed by atoms with E-state index < -0.39 is 0 Å². The average molecular weight is 275 g/mol. The molecule has 0 saturated heterocycles.